The first-order valence-corrected chi connectivity index (χ1v) is 8.90. The van der Waals surface area contributed by atoms with Crippen molar-refractivity contribution in [3.05, 3.63) is 78.5 Å². The van der Waals surface area contributed by atoms with Crippen LogP contribution in [0.25, 0.3) is 33.2 Å². The highest BCUT2D eigenvalue weighted by Gasteiger charge is 2.18. The summed E-state index contributed by atoms with van der Waals surface area (Å²) in [6.45, 7) is 2.04. The largest absolute Gasteiger partial charge is 0.493 e. The van der Waals surface area contributed by atoms with Gasteiger partial charge in [-0.2, -0.15) is 0 Å². The Balaban J connectivity index is 2.15. The average molecular weight is 355 g/mol. The van der Waals surface area contributed by atoms with Crippen LogP contribution in [0.2, 0.25) is 0 Å². The monoisotopic (exact) mass is 355 g/mol. The Morgan fingerprint density at radius 3 is 1.74 bits per heavy atom. The number of benzene rings is 3. The Labute approximate surface area is 159 Å². The maximum atomic E-state index is 5.58. The van der Waals surface area contributed by atoms with Crippen LogP contribution >= 0.6 is 0 Å². The zero-order valence-corrected chi connectivity index (χ0v) is 15.7. The maximum absolute atomic E-state index is 5.58. The maximum Gasteiger partial charge on any atom is 0.161 e. The summed E-state index contributed by atoms with van der Waals surface area (Å²) in [5.74, 6) is 1.42. The van der Waals surface area contributed by atoms with Crippen LogP contribution in [0, 0.1) is 6.92 Å². The molecule has 0 fully saturated rings. The molecule has 3 heteroatoms. The lowest BCUT2D eigenvalue weighted by atomic mass is 9.92. The van der Waals surface area contributed by atoms with Gasteiger partial charge in [0.15, 0.2) is 11.5 Å². The zero-order chi connectivity index (χ0) is 18.8. The summed E-state index contributed by atoms with van der Waals surface area (Å²) in [4.78, 5) is 4.98. The van der Waals surface area contributed by atoms with E-state index in [0.717, 1.165) is 38.9 Å². The lowest BCUT2D eigenvalue weighted by Gasteiger charge is -2.17. The van der Waals surface area contributed by atoms with Crippen LogP contribution in [-0.4, -0.2) is 19.2 Å². The predicted molar refractivity (Wildman–Crippen MR) is 110 cm³/mol. The fraction of sp³-hybridized carbons (Fsp3) is 0.125. The molecule has 0 aliphatic heterocycles. The van der Waals surface area contributed by atoms with E-state index in [0.29, 0.717) is 11.5 Å². The van der Waals surface area contributed by atoms with Gasteiger partial charge in [0, 0.05) is 22.2 Å². The lowest BCUT2D eigenvalue weighted by Crippen LogP contribution is -1.98. The molecule has 0 saturated carbocycles. The van der Waals surface area contributed by atoms with Gasteiger partial charge in [-0.15, -0.1) is 0 Å². The number of nitrogens with zero attached hydrogens (tertiary/aromatic N) is 1. The zero-order valence-electron chi connectivity index (χ0n) is 15.7. The molecule has 0 bridgehead atoms. The third-order valence-corrected chi connectivity index (χ3v) is 4.81. The van der Waals surface area contributed by atoms with Crippen molar-refractivity contribution in [1.29, 1.82) is 0 Å². The summed E-state index contributed by atoms with van der Waals surface area (Å²) in [6, 6.07) is 24.7. The summed E-state index contributed by atoms with van der Waals surface area (Å²) < 4.78 is 11.1. The second-order valence-corrected chi connectivity index (χ2v) is 6.41. The fourth-order valence-corrected chi connectivity index (χ4v) is 3.50. The normalized spacial score (nSPS) is 10.8. The summed E-state index contributed by atoms with van der Waals surface area (Å²) >= 11 is 0. The first-order valence-electron chi connectivity index (χ1n) is 8.90. The quantitative estimate of drug-likeness (QED) is 0.457. The van der Waals surface area contributed by atoms with E-state index < -0.39 is 0 Å². The van der Waals surface area contributed by atoms with Crippen LogP contribution in [-0.2, 0) is 0 Å². The van der Waals surface area contributed by atoms with Gasteiger partial charge in [0.2, 0.25) is 0 Å². The van der Waals surface area contributed by atoms with Crippen LogP contribution in [0.1, 0.15) is 5.69 Å². The van der Waals surface area contributed by atoms with Crippen molar-refractivity contribution in [2.24, 2.45) is 0 Å². The van der Waals surface area contributed by atoms with E-state index in [-0.39, 0.29) is 0 Å². The predicted octanol–water partition coefficient (Wildman–Crippen LogP) is 5.89. The molecule has 0 spiro atoms. The number of hydrogen-bond donors (Lipinski definition) is 0. The number of hydrogen-bond acceptors (Lipinski definition) is 3. The minimum atomic E-state index is 0.710. The van der Waals surface area contributed by atoms with Crippen LogP contribution in [0.15, 0.2) is 72.8 Å². The third-order valence-electron chi connectivity index (χ3n) is 4.81. The Hall–Kier alpha value is -3.33. The molecule has 0 unspecified atom stereocenters. The molecule has 0 radical (unpaired) electrons. The highest BCUT2D eigenvalue weighted by Crippen LogP contribution is 2.42. The molecule has 3 aromatic carbocycles. The molecular weight excluding hydrogens is 334 g/mol. The summed E-state index contributed by atoms with van der Waals surface area (Å²) in [7, 11) is 3.32. The van der Waals surface area contributed by atoms with Gasteiger partial charge in [0.1, 0.15) is 0 Å². The molecule has 0 saturated heterocycles. The van der Waals surface area contributed by atoms with Crippen molar-refractivity contribution in [3.63, 3.8) is 0 Å². The molecule has 0 aliphatic rings. The molecule has 0 amide bonds. The van der Waals surface area contributed by atoms with Crippen molar-refractivity contribution in [1.82, 2.24) is 4.98 Å². The first kappa shape index (κ1) is 17.1. The lowest BCUT2D eigenvalue weighted by molar-refractivity contribution is 0.356. The van der Waals surface area contributed by atoms with Crippen molar-refractivity contribution < 1.29 is 9.47 Å². The minimum Gasteiger partial charge on any atom is -0.493 e. The molecule has 1 aromatic heterocycles. The fourth-order valence-electron chi connectivity index (χ4n) is 3.50. The van der Waals surface area contributed by atoms with E-state index in [2.05, 4.69) is 42.5 Å². The molecule has 134 valence electrons. The Morgan fingerprint density at radius 2 is 1.19 bits per heavy atom. The van der Waals surface area contributed by atoms with Gasteiger partial charge in [-0.1, -0.05) is 60.7 Å². The van der Waals surface area contributed by atoms with E-state index in [1.807, 2.05) is 37.3 Å². The van der Waals surface area contributed by atoms with Gasteiger partial charge in [-0.05, 0) is 30.0 Å². The van der Waals surface area contributed by atoms with Crippen LogP contribution in [0.4, 0.5) is 0 Å². The average Bonchev–Trinajstić information content (AvgIpc) is 2.74. The van der Waals surface area contributed by atoms with Gasteiger partial charge in [-0.25, -0.2) is 0 Å². The van der Waals surface area contributed by atoms with Gasteiger partial charge in [0.25, 0.3) is 0 Å². The summed E-state index contributed by atoms with van der Waals surface area (Å²) in [5.41, 5.74) is 5.25. The van der Waals surface area contributed by atoms with Gasteiger partial charge in [-0.3, -0.25) is 4.98 Å². The second kappa shape index (κ2) is 7.12. The Bertz CT molecular complexity index is 1090. The van der Waals surface area contributed by atoms with Gasteiger partial charge in [0.05, 0.1) is 19.9 Å². The Kier molecular flexibility index (Phi) is 4.51. The summed E-state index contributed by atoms with van der Waals surface area (Å²) in [6.07, 6.45) is 0. The first-order chi connectivity index (χ1) is 13.2. The Morgan fingerprint density at radius 1 is 0.667 bits per heavy atom. The van der Waals surface area contributed by atoms with Crippen molar-refractivity contribution >= 4 is 10.8 Å². The standard InChI is InChI=1S/C24H21NO2/c1-16-19-14-21(26-2)22(27-3)15-20(19)23(17-10-6-4-7-11-17)24(25-16)18-12-8-5-9-13-18/h4-15H,1-3H3. The molecule has 1 heterocycles. The molecule has 0 N–H and O–H groups in total. The van der Waals surface area contributed by atoms with Crippen molar-refractivity contribution in [2.75, 3.05) is 14.2 Å². The minimum absolute atomic E-state index is 0.710. The SMILES string of the molecule is COc1cc2c(C)nc(-c3ccccc3)c(-c3ccccc3)c2cc1OC. The number of ether oxygens (including phenoxy) is 2. The van der Waals surface area contributed by atoms with E-state index >= 15 is 0 Å². The molecule has 4 aromatic rings. The van der Waals surface area contributed by atoms with Crippen LogP contribution in [0.3, 0.4) is 0 Å². The van der Waals surface area contributed by atoms with Crippen molar-refractivity contribution in [2.45, 2.75) is 6.92 Å². The summed E-state index contributed by atoms with van der Waals surface area (Å²) in [5, 5.41) is 2.16. The highest BCUT2D eigenvalue weighted by atomic mass is 16.5. The number of aromatic nitrogens is 1. The molecule has 0 atom stereocenters. The smallest absolute Gasteiger partial charge is 0.161 e. The van der Waals surface area contributed by atoms with Gasteiger partial charge >= 0.3 is 0 Å². The molecule has 3 nitrogen and oxygen atoms in total. The number of methoxy groups -OCH3 is 2. The second-order valence-electron chi connectivity index (χ2n) is 6.41. The highest BCUT2D eigenvalue weighted by molar-refractivity contribution is 6.04. The van der Waals surface area contributed by atoms with E-state index in [4.69, 9.17) is 14.5 Å². The number of fused-ring (bicyclic) bond motifs is 1. The van der Waals surface area contributed by atoms with E-state index in [9.17, 15) is 0 Å². The van der Waals surface area contributed by atoms with E-state index in [1.54, 1.807) is 14.2 Å². The molecule has 4 rings (SSSR count). The topological polar surface area (TPSA) is 31.4 Å². The van der Waals surface area contributed by atoms with Crippen LogP contribution in [0.5, 0.6) is 11.5 Å². The van der Waals surface area contributed by atoms with Crippen LogP contribution < -0.4 is 9.47 Å². The van der Waals surface area contributed by atoms with E-state index in [1.165, 1.54) is 0 Å². The number of rotatable bonds is 4. The molecular formula is C24H21NO2. The van der Waals surface area contributed by atoms with Crippen molar-refractivity contribution in [3.8, 4) is 33.9 Å². The third kappa shape index (κ3) is 3.02. The molecule has 27 heavy (non-hydrogen) atoms. The molecule has 0 aliphatic carbocycles. The van der Waals surface area contributed by atoms with Gasteiger partial charge < -0.3 is 9.47 Å². The number of pyridine rings is 1. The number of aryl methyl sites for hydroxylation is 1.